The van der Waals surface area contributed by atoms with E-state index in [0.717, 1.165) is 43.2 Å². The summed E-state index contributed by atoms with van der Waals surface area (Å²) in [6, 6.07) is 10.8. The summed E-state index contributed by atoms with van der Waals surface area (Å²) >= 11 is 0. The van der Waals surface area contributed by atoms with Gasteiger partial charge in [0.1, 0.15) is 0 Å². The number of halogens is 2. The molecule has 0 saturated heterocycles. The van der Waals surface area contributed by atoms with Crippen molar-refractivity contribution in [2.24, 2.45) is 0 Å². The van der Waals surface area contributed by atoms with Crippen LogP contribution in [0.3, 0.4) is 0 Å². The number of unbranched alkanes of at least 4 members (excludes halogenated alkanes) is 8. The quantitative estimate of drug-likeness (QED) is 0.222. The second-order valence-corrected chi connectivity index (χ2v) is 9.22. The van der Waals surface area contributed by atoms with Crippen molar-refractivity contribution in [3.63, 3.8) is 0 Å². The highest BCUT2D eigenvalue weighted by Crippen LogP contribution is 2.29. The number of nitrogens with zero attached hydrogens (tertiary/aromatic N) is 2. The number of rotatable bonds is 14. The Morgan fingerprint density at radius 1 is 0.588 bits per heavy atom. The summed E-state index contributed by atoms with van der Waals surface area (Å²) in [4.78, 5) is 9.00. The molecular formula is C30H38F2N2. The first-order valence-electron chi connectivity index (χ1n) is 13.0. The van der Waals surface area contributed by atoms with Crippen LogP contribution >= 0.6 is 0 Å². The molecule has 0 N–H and O–H groups in total. The highest BCUT2D eigenvalue weighted by molar-refractivity contribution is 5.68. The predicted octanol–water partition coefficient (Wildman–Crippen LogP) is 9.11. The minimum atomic E-state index is -0.764. The minimum Gasteiger partial charge on any atom is -0.236 e. The van der Waals surface area contributed by atoms with Crippen LogP contribution in [-0.4, -0.2) is 9.97 Å². The van der Waals surface area contributed by atoms with E-state index in [1.165, 1.54) is 38.5 Å². The summed E-state index contributed by atoms with van der Waals surface area (Å²) in [7, 11) is 0. The van der Waals surface area contributed by atoms with Crippen LogP contribution in [0.1, 0.15) is 89.2 Å². The molecule has 0 aliphatic rings. The summed E-state index contributed by atoms with van der Waals surface area (Å²) in [6.07, 6.45) is 17.0. The zero-order chi connectivity index (χ0) is 24.2. The summed E-state index contributed by atoms with van der Waals surface area (Å²) in [5.41, 5.74) is 3.42. The molecule has 0 atom stereocenters. The molecule has 0 amide bonds. The molecule has 3 rings (SSSR count). The zero-order valence-electron chi connectivity index (χ0n) is 20.8. The number of hydrogen-bond donors (Lipinski definition) is 0. The monoisotopic (exact) mass is 464 g/mol. The Labute approximate surface area is 203 Å². The van der Waals surface area contributed by atoms with Crippen molar-refractivity contribution in [2.45, 2.75) is 90.9 Å². The van der Waals surface area contributed by atoms with E-state index >= 15 is 0 Å². The van der Waals surface area contributed by atoms with Gasteiger partial charge >= 0.3 is 0 Å². The van der Waals surface area contributed by atoms with Gasteiger partial charge in [-0.15, -0.1) is 0 Å². The van der Waals surface area contributed by atoms with Gasteiger partial charge in [-0.2, -0.15) is 0 Å². The predicted molar refractivity (Wildman–Crippen MR) is 138 cm³/mol. The zero-order valence-corrected chi connectivity index (χ0v) is 20.8. The Hall–Kier alpha value is -2.62. The summed E-state index contributed by atoms with van der Waals surface area (Å²) in [6.45, 7) is 4.40. The third kappa shape index (κ3) is 7.44. The lowest BCUT2D eigenvalue weighted by molar-refractivity contribution is 0.497. The van der Waals surface area contributed by atoms with Crippen molar-refractivity contribution in [3.05, 3.63) is 71.6 Å². The molecule has 1 aromatic heterocycles. The molecule has 0 aliphatic carbocycles. The van der Waals surface area contributed by atoms with Gasteiger partial charge < -0.3 is 0 Å². The Kier molecular flexibility index (Phi) is 10.7. The topological polar surface area (TPSA) is 25.8 Å². The van der Waals surface area contributed by atoms with Crippen molar-refractivity contribution in [3.8, 4) is 22.5 Å². The van der Waals surface area contributed by atoms with Gasteiger partial charge in [0.2, 0.25) is 0 Å². The average Bonchev–Trinajstić information content (AvgIpc) is 2.87. The summed E-state index contributed by atoms with van der Waals surface area (Å²) in [5.74, 6) is -0.835. The van der Waals surface area contributed by atoms with E-state index in [9.17, 15) is 8.78 Å². The largest absolute Gasteiger partial charge is 0.236 e. The van der Waals surface area contributed by atoms with E-state index in [2.05, 4.69) is 23.8 Å². The van der Waals surface area contributed by atoms with E-state index in [0.29, 0.717) is 28.9 Å². The molecule has 1 heterocycles. The first-order chi connectivity index (χ1) is 16.6. The van der Waals surface area contributed by atoms with Crippen LogP contribution in [-0.2, 0) is 12.8 Å². The van der Waals surface area contributed by atoms with E-state index in [1.807, 2.05) is 36.7 Å². The molecule has 0 radical (unpaired) electrons. The number of benzene rings is 2. The SMILES string of the molecule is CCCCCCCCc1ccc(-c2ccc(-c3ncc(CCCCCC)cn3)cc2)c(F)c1F. The van der Waals surface area contributed by atoms with Gasteiger partial charge in [0, 0.05) is 23.5 Å². The van der Waals surface area contributed by atoms with E-state index in [1.54, 1.807) is 12.1 Å². The number of hydrogen-bond acceptors (Lipinski definition) is 2. The molecule has 0 fully saturated rings. The van der Waals surface area contributed by atoms with Gasteiger partial charge in [-0.3, -0.25) is 0 Å². The summed E-state index contributed by atoms with van der Waals surface area (Å²) < 4.78 is 29.5. The molecule has 2 nitrogen and oxygen atoms in total. The Morgan fingerprint density at radius 2 is 1.15 bits per heavy atom. The summed E-state index contributed by atoms with van der Waals surface area (Å²) in [5, 5.41) is 0. The molecule has 0 aliphatic heterocycles. The lowest BCUT2D eigenvalue weighted by Gasteiger charge is -2.10. The fourth-order valence-electron chi connectivity index (χ4n) is 4.29. The number of aromatic nitrogens is 2. The molecular weight excluding hydrogens is 426 g/mol. The Balaban J connectivity index is 1.61. The fraction of sp³-hybridized carbons (Fsp3) is 0.467. The van der Waals surface area contributed by atoms with Gasteiger partial charge in [0.05, 0.1) is 0 Å². The molecule has 0 spiro atoms. The smallest absolute Gasteiger partial charge is 0.166 e. The van der Waals surface area contributed by atoms with E-state index in [4.69, 9.17) is 0 Å². The maximum atomic E-state index is 14.8. The first-order valence-corrected chi connectivity index (χ1v) is 13.0. The van der Waals surface area contributed by atoms with Gasteiger partial charge in [-0.1, -0.05) is 102 Å². The molecule has 4 heteroatoms. The van der Waals surface area contributed by atoms with Crippen LogP contribution < -0.4 is 0 Å². The Morgan fingerprint density at radius 3 is 1.82 bits per heavy atom. The Bertz CT molecular complexity index is 998. The van der Waals surface area contributed by atoms with Crippen LogP contribution in [0, 0.1) is 11.6 Å². The van der Waals surface area contributed by atoms with E-state index < -0.39 is 11.6 Å². The van der Waals surface area contributed by atoms with Crippen molar-refractivity contribution >= 4 is 0 Å². The van der Waals surface area contributed by atoms with Crippen LogP contribution in [0.4, 0.5) is 8.78 Å². The molecule has 182 valence electrons. The first kappa shape index (κ1) is 26.0. The van der Waals surface area contributed by atoms with E-state index in [-0.39, 0.29) is 0 Å². The third-order valence-corrected chi connectivity index (χ3v) is 6.44. The molecule has 3 aromatic rings. The lowest BCUT2D eigenvalue weighted by atomic mass is 9.98. The standard InChI is InChI=1S/C30H38F2N2/c1-3-5-7-9-10-12-14-25-19-20-27(29(32)28(25)31)24-15-17-26(18-16-24)30-33-21-23(22-34-30)13-11-8-6-4-2/h15-22H,3-14H2,1-2H3. The molecule has 2 aromatic carbocycles. The third-order valence-electron chi connectivity index (χ3n) is 6.44. The fourth-order valence-corrected chi connectivity index (χ4v) is 4.29. The van der Waals surface area contributed by atoms with Crippen molar-refractivity contribution in [1.82, 2.24) is 9.97 Å². The van der Waals surface area contributed by atoms with Crippen molar-refractivity contribution in [1.29, 1.82) is 0 Å². The van der Waals surface area contributed by atoms with Gasteiger partial charge in [-0.25, -0.2) is 18.7 Å². The normalized spacial score (nSPS) is 11.2. The molecule has 0 unspecified atom stereocenters. The van der Waals surface area contributed by atoms with Crippen molar-refractivity contribution in [2.75, 3.05) is 0 Å². The van der Waals surface area contributed by atoms with Gasteiger partial charge in [0.25, 0.3) is 0 Å². The van der Waals surface area contributed by atoms with Crippen LogP contribution in [0.2, 0.25) is 0 Å². The van der Waals surface area contributed by atoms with Gasteiger partial charge in [-0.05, 0) is 42.4 Å². The minimum absolute atomic E-state index is 0.291. The molecule has 0 bridgehead atoms. The maximum absolute atomic E-state index is 14.8. The highest BCUT2D eigenvalue weighted by atomic mass is 19.2. The molecule has 34 heavy (non-hydrogen) atoms. The van der Waals surface area contributed by atoms with Gasteiger partial charge in [0.15, 0.2) is 17.5 Å². The van der Waals surface area contributed by atoms with Crippen LogP contribution in [0.5, 0.6) is 0 Å². The second-order valence-electron chi connectivity index (χ2n) is 9.22. The maximum Gasteiger partial charge on any atom is 0.166 e. The number of aryl methyl sites for hydroxylation is 2. The van der Waals surface area contributed by atoms with Crippen LogP contribution in [0.25, 0.3) is 22.5 Å². The second kappa shape index (κ2) is 13.9. The average molecular weight is 465 g/mol. The lowest BCUT2D eigenvalue weighted by Crippen LogP contribution is -1.98. The van der Waals surface area contributed by atoms with Crippen LogP contribution in [0.15, 0.2) is 48.8 Å². The molecule has 0 saturated carbocycles. The van der Waals surface area contributed by atoms with Crippen molar-refractivity contribution < 1.29 is 8.78 Å². The highest BCUT2D eigenvalue weighted by Gasteiger charge is 2.15.